The molecule has 0 saturated carbocycles. The molecule has 0 aliphatic rings. The lowest BCUT2D eigenvalue weighted by atomic mass is 9.89. The summed E-state index contributed by atoms with van der Waals surface area (Å²) in [4.78, 5) is 11.0. The molecule has 1 aromatic rings. The lowest BCUT2D eigenvalue weighted by Gasteiger charge is -2.04. The summed E-state index contributed by atoms with van der Waals surface area (Å²) in [6, 6.07) is 4.65. The average molecular weight is 176 g/mol. The molecule has 66 valence electrons. The summed E-state index contributed by atoms with van der Waals surface area (Å²) in [7, 11) is 6.86. The van der Waals surface area contributed by atoms with E-state index in [0.29, 0.717) is 16.6 Å². The van der Waals surface area contributed by atoms with Gasteiger partial charge in [0, 0.05) is 0 Å². The first-order chi connectivity index (χ1) is 6.19. The number of methoxy groups -OCH3 is 1. The minimum absolute atomic E-state index is 0.132. The molecule has 0 aliphatic carbocycles. The van der Waals surface area contributed by atoms with Gasteiger partial charge in [-0.3, -0.25) is 0 Å². The Kier molecular flexibility index (Phi) is 3.09. The molecule has 1 rings (SSSR count). The second-order valence-electron chi connectivity index (χ2n) is 2.56. The molecule has 4 heteroatoms. The molecule has 1 N–H and O–H groups in total. The minimum atomic E-state index is -0.434. The van der Waals surface area contributed by atoms with Gasteiger partial charge in [0.2, 0.25) is 0 Å². The lowest BCUT2D eigenvalue weighted by molar-refractivity contribution is 0.0601. The fourth-order valence-corrected chi connectivity index (χ4v) is 0.984. The summed E-state index contributed by atoms with van der Waals surface area (Å²) in [5, 5.41) is 8.81. The molecule has 3 nitrogen and oxygen atoms in total. The number of rotatable bonds is 2. The van der Waals surface area contributed by atoms with Crippen molar-refractivity contribution in [3.05, 3.63) is 29.3 Å². The second kappa shape index (κ2) is 4.09. The van der Waals surface area contributed by atoms with Crippen molar-refractivity contribution in [3.8, 4) is 0 Å². The predicted molar refractivity (Wildman–Crippen MR) is 49.1 cm³/mol. The van der Waals surface area contributed by atoms with E-state index in [0.717, 1.165) is 0 Å². The third-order valence-corrected chi connectivity index (χ3v) is 1.74. The normalized spacial score (nSPS) is 9.69. The Balaban J connectivity index is 3.02. The van der Waals surface area contributed by atoms with Gasteiger partial charge in [-0.05, 0) is 11.6 Å². The van der Waals surface area contributed by atoms with Crippen LogP contribution in [0.1, 0.15) is 15.9 Å². The molecule has 0 aromatic heterocycles. The van der Waals surface area contributed by atoms with Crippen LogP contribution in [0, 0.1) is 0 Å². The predicted octanol–water partition coefficient (Wildman–Crippen LogP) is -0.241. The van der Waals surface area contributed by atoms with Crippen LogP contribution >= 0.6 is 0 Å². The van der Waals surface area contributed by atoms with Crippen molar-refractivity contribution in [2.24, 2.45) is 0 Å². The van der Waals surface area contributed by atoms with Crippen molar-refractivity contribution in [2.75, 3.05) is 7.11 Å². The maximum absolute atomic E-state index is 11.0. The highest BCUT2D eigenvalue weighted by molar-refractivity contribution is 6.33. The zero-order valence-corrected chi connectivity index (χ0v) is 7.28. The van der Waals surface area contributed by atoms with Crippen LogP contribution in [0.3, 0.4) is 0 Å². The number of aliphatic hydroxyl groups is 1. The van der Waals surface area contributed by atoms with Crippen molar-refractivity contribution in [2.45, 2.75) is 6.61 Å². The van der Waals surface area contributed by atoms with Crippen LogP contribution in [-0.4, -0.2) is 26.0 Å². The highest BCUT2D eigenvalue weighted by Gasteiger charge is 2.06. The Bertz CT molecular complexity index is 323. The van der Waals surface area contributed by atoms with E-state index >= 15 is 0 Å². The Morgan fingerprint density at radius 3 is 2.77 bits per heavy atom. The fourth-order valence-electron chi connectivity index (χ4n) is 0.984. The topological polar surface area (TPSA) is 46.5 Å². The third kappa shape index (κ3) is 2.09. The van der Waals surface area contributed by atoms with Gasteiger partial charge < -0.3 is 9.84 Å². The fraction of sp³-hybridized carbons (Fsp3) is 0.222. The molecule has 0 amide bonds. The molecular formula is C9H9BO3. The van der Waals surface area contributed by atoms with Crippen molar-refractivity contribution in [3.63, 3.8) is 0 Å². The SMILES string of the molecule is [B]c1cc(C(=O)OC)ccc1CO. The van der Waals surface area contributed by atoms with E-state index in [-0.39, 0.29) is 6.61 Å². The molecule has 0 saturated heterocycles. The van der Waals surface area contributed by atoms with Gasteiger partial charge in [0.25, 0.3) is 0 Å². The summed E-state index contributed by atoms with van der Waals surface area (Å²) < 4.78 is 4.51. The summed E-state index contributed by atoms with van der Waals surface area (Å²) in [6.07, 6.45) is 0. The van der Waals surface area contributed by atoms with E-state index in [1.807, 2.05) is 0 Å². The largest absolute Gasteiger partial charge is 0.465 e. The Morgan fingerprint density at radius 2 is 2.31 bits per heavy atom. The highest BCUT2D eigenvalue weighted by atomic mass is 16.5. The molecular weight excluding hydrogens is 167 g/mol. The van der Waals surface area contributed by atoms with Crippen LogP contribution in [-0.2, 0) is 11.3 Å². The molecule has 0 bridgehead atoms. The van der Waals surface area contributed by atoms with Crippen molar-refractivity contribution in [1.29, 1.82) is 0 Å². The number of hydrogen-bond donors (Lipinski definition) is 1. The number of aliphatic hydroxyl groups excluding tert-OH is 1. The quantitative estimate of drug-likeness (QED) is 0.499. The number of benzene rings is 1. The molecule has 2 radical (unpaired) electrons. The van der Waals surface area contributed by atoms with E-state index < -0.39 is 5.97 Å². The third-order valence-electron chi connectivity index (χ3n) is 1.74. The Labute approximate surface area is 77.7 Å². The van der Waals surface area contributed by atoms with Crippen molar-refractivity contribution in [1.82, 2.24) is 0 Å². The smallest absolute Gasteiger partial charge is 0.337 e. The van der Waals surface area contributed by atoms with Gasteiger partial charge in [-0.2, -0.15) is 0 Å². The first-order valence-electron chi connectivity index (χ1n) is 3.76. The van der Waals surface area contributed by atoms with Crippen LogP contribution in [0.2, 0.25) is 0 Å². The minimum Gasteiger partial charge on any atom is -0.465 e. The number of ether oxygens (including phenoxy) is 1. The number of carbonyl (C=O) groups excluding carboxylic acids is 1. The zero-order valence-electron chi connectivity index (χ0n) is 7.28. The van der Waals surface area contributed by atoms with E-state index in [2.05, 4.69) is 4.74 Å². The number of carbonyl (C=O) groups is 1. The maximum Gasteiger partial charge on any atom is 0.337 e. The highest BCUT2D eigenvalue weighted by Crippen LogP contribution is 2.02. The first-order valence-corrected chi connectivity index (χ1v) is 3.76. The summed E-state index contributed by atoms with van der Waals surface area (Å²) in [5.74, 6) is -0.434. The molecule has 13 heavy (non-hydrogen) atoms. The summed E-state index contributed by atoms with van der Waals surface area (Å²) in [6.45, 7) is -0.132. The van der Waals surface area contributed by atoms with Gasteiger partial charge in [-0.1, -0.05) is 17.6 Å². The molecule has 1 aromatic carbocycles. The van der Waals surface area contributed by atoms with Gasteiger partial charge in [0.15, 0.2) is 0 Å². The van der Waals surface area contributed by atoms with Crippen LogP contribution in [0.5, 0.6) is 0 Å². The van der Waals surface area contributed by atoms with Gasteiger partial charge in [0.1, 0.15) is 7.85 Å². The van der Waals surface area contributed by atoms with Gasteiger partial charge in [-0.25, -0.2) is 4.79 Å². The standard InChI is InChI=1S/C9H9BO3/c1-13-9(12)6-2-3-7(5-11)8(10)4-6/h2-4,11H,5H2,1H3. The number of hydrogen-bond acceptors (Lipinski definition) is 3. The molecule has 0 spiro atoms. The monoisotopic (exact) mass is 176 g/mol. The molecule has 0 heterocycles. The average Bonchev–Trinajstić information content (AvgIpc) is 2.16. The molecule has 0 atom stereocenters. The lowest BCUT2D eigenvalue weighted by Crippen LogP contribution is -2.13. The molecule has 0 aliphatic heterocycles. The van der Waals surface area contributed by atoms with E-state index in [1.165, 1.54) is 13.2 Å². The Morgan fingerprint density at radius 1 is 1.62 bits per heavy atom. The van der Waals surface area contributed by atoms with Crippen molar-refractivity contribution >= 4 is 19.3 Å². The van der Waals surface area contributed by atoms with E-state index in [4.69, 9.17) is 13.0 Å². The Hall–Kier alpha value is -1.29. The van der Waals surface area contributed by atoms with Gasteiger partial charge in [-0.15, -0.1) is 0 Å². The van der Waals surface area contributed by atoms with Crippen LogP contribution < -0.4 is 5.46 Å². The van der Waals surface area contributed by atoms with Crippen LogP contribution in [0.15, 0.2) is 18.2 Å². The van der Waals surface area contributed by atoms with Crippen molar-refractivity contribution < 1.29 is 14.6 Å². The zero-order chi connectivity index (χ0) is 9.84. The second-order valence-corrected chi connectivity index (χ2v) is 2.56. The van der Waals surface area contributed by atoms with Gasteiger partial charge >= 0.3 is 5.97 Å². The van der Waals surface area contributed by atoms with E-state index in [9.17, 15) is 4.79 Å². The van der Waals surface area contributed by atoms with Crippen LogP contribution in [0.25, 0.3) is 0 Å². The molecule has 0 fully saturated rings. The van der Waals surface area contributed by atoms with Crippen LogP contribution in [0.4, 0.5) is 0 Å². The molecule has 0 unspecified atom stereocenters. The van der Waals surface area contributed by atoms with Gasteiger partial charge in [0.05, 0.1) is 19.3 Å². The summed E-state index contributed by atoms with van der Waals surface area (Å²) >= 11 is 0. The first kappa shape index (κ1) is 9.80. The maximum atomic E-state index is 11.0. The van der Waals surface area contributed by atoms with E-state index in [1.54, 1.807) is 12.1 Å². The number of esters is 1. The summed E-state index contributed by atoms with van der Waals surface area (Å²) in [5.41, 5.74) is 1.38.